The number of hydrogen-bond donors (Lipinski definition) is 1. The van der Waals surface area contributed by atoms with Crippen LogP contribution in [0.25, 0.3) is 27.1 Å². The first-order valence-corrected chi connectivity index (χ1v) is 7.99. The highest BCUT2D eigenvalue weighted by molar-refractivity contribution is 7.21. The number of benzene rings is 1. The van der Waals surface area contributed by atoms with Gasteiger partial charge in [0, 0.05) is 12.6 Å². The Morgan fingerprint density at radius 1 is 1.38 bits per heavy atom. The Morgan fingerprint density at radius 3 is 2.96 bits per heavy atom. The molecule has 24 heavy (non-hydrogen) atoms. The van der Waals surface area contributed by atoms with Gasteiger partial charge in [-0.1, -0.05) is 18.2 Å². The summed E-state index contributed by atoms with van der Waals surface area (Å²) in [7, 11) is 0. The van der Waals surface area contributed by atoms with Crippen molar-refractivity contribution in [2.24, 2.45) is 0 Å². The van der Waals surface area contributed by atoms with Crippen molar-refractivity contribution in [1.29, 1.82) is 5.26 Å². The first kappa shape index (κ1) is 15.7. The summed E-state index contributed by atoms with van der Waals surface area (Å²) in [6.45, 7) is 3.81. The molecule has 118 valence electrons. The number of hydrogen-bond acceptors (Lipinski definition) is 5. The van der Waals surface area contributed by atoms with E-state index in [4.69, 9.17) is 9.68 Å². The van der Waals surface area contributed by atoms with Crippen LogP contribution in [-0.4, -0.2) is 17.4 Å². The number of nitrogens with zero attached hydrogens (tertiary/aromatic N) is 2. The molecule has 5 nitrogen and oxygen atoms in total. The van der Waals surface area contributed by atoms with Crippen LogP contribution in [0.2, 0.25) is 0 Å². The zero-order valence-corrected chi connectivity index (χ0v) is 13.5. The highest BCUT2D eigenvalue weighted by atomic mass is 32.1. The maximum atomic E-state index is 11.8. The monoisotopic (exact) mass is 335 g/mol. The lowest BCUT2D eigenvalue weighted by Crippen LogP contribution is -2.24. The number of nitriles is 1. The predicted molar refractivity (Wildman–Crippen MR) is 94.1 cm³/mol. The Labute approximate surface area is 142 Å². The van der Waals surface area contributed by atoms with Crippen LogP contribution < -0.4 is 5.32 Å². The zero-order valence-electron chi connectivity index (χ0n) is 12.7. The number of carbonyl (C=O) groups is 1. The van der Waals surface area contributed by atoms with E-state index in [0.29, 0.717) is 18.1 Å². The minimum Gasteiger partial charge on any atom is -0.454 e. The van der Waals surface area contributed by atoms with Gasteiger partial charge in [0.1, 0.15) is 17.4 Å². The Morgan fingerprint density at radius 2 is 2.21 bits per heavy atom. The molecule has 0 saturated carbocycles. The summed E-state index contributed by atoms with van der Waals surface area (Å²) in [5.74, 6) is 0.566. The van der Waals surface area contributed by atoms with E-state index in [1.54, 1.807) is 18.2 Å². The molecular formula is C18H13N3O2S. The summed E-state index contributed by atoms with van der Waals surface area (Å²) in [5.41, 5.74) is 0.884. The molecule has 1 aromatic carbocycles. The summed E-state index contributed by atoms with van der Waals surface area (Å²) in [4.78, 5) is 16.4. The topological polar surface area (TPSA) is 78.9 Å². The van der Waals surface area contributed by atoms with E-state index >= 15 is 0 Å². The molecule has 0 unspecified atom stereocenters. The van der Waals surface area contributed by atoms with Crippen molar-refractivity contribution in [2.45, 2.75) is 0 Å². The van der Waals surface area contributed by atoms with E-state index in [-0.39, 0.29) is 5.57 Å². The lowest BCUT2D eigenvalue weighted by Gasteiger charge is -1.99. The normalized spacial score (nSPS) is 11.2. The van der Waals surface area contributed by atoms with E-state index in [2.05, 4.69) is 16.9 Å². The second kappa shape index (κ2) is 6.94. The van der Waals surface area contributed by atoms with Crippen molar-refractivity contribution in [2.75, 3.05) is 6.54 Å². The molecule has 0 atom stereocenters. The van der Waals surface area contributed by atoms with E-state index in [9.17, 15) is 4.79 Å². The summed E-state index contributed by atoms with van der Waals surface area (Å²) in [5, 5.41) is 12.4. The van der Waals surface area contributed by atoms with Crippen LogP contribution >= 0.6 is 11.3 Å². The van der Waals surface area contributed by atoms with Gasteiger partial charge in [-0.2, -0.15) is 5.26 Å². The first-order valence-electron chi connectivity index (χ1n) is 7.18. The number of amides is 1. The molecule has 2 heterocycles. The van der Waals surface area contributed by atoms with E-state index < -0.39 is 5.91 Å². The minimum absolute atomic E-state index is 0.0259. The molecule has 3 aromatic rings. The second-order valence-electron chi connectivity index (χ2n) is 4.86. The van der Waals surface area contributed by atoms with Gasteiger partial charge in [0.15, 0.2) is 10.8 Å². The molecule has 0 fully saturated rings. The Kier molecular flexibility index (Phi) is 4.54. The van der Waals surface area contributed by atoms with Crippen LogP contribution in [0.3, 0.4) is 0 Å². The SMILES string of the molecule is C=CCNC(=O)/C(C#N)=C/c1ccc(-c2nc3ccccc3s2)o1. The van der Waals surface area contributed by atoms with Crippen molar-refractivity contribution in [3.8, 4) is 16.8 Å². The van der Waals surface area contributed by atoms with Gasteiger partial charge in [-0.15, -0.1) is 17.9 Å². The molecule has 6 heteroatoms. The molecule has 2 aromatic heterocycles. The standard InChI is InChI=1S/C18H13N3O2S/c1-2-9-20-17(22)12(11-19)10-13-7-8-15(23-13)18-21-14-5-3-4-6-16(14)24-18/h2-8,10H,1,9H2,(H,20,22)/b12-10+. The molecule has 0 spiro atoms. The van der Waals surface area contributed by atoms with Gasteiger partial charge in [-0.3, -0.25) is 4.79 Å². The lowest BCUT2D eigenvalue weighted by atomic mass is 10.2. The largest absolute Gasteiger partial charge is 0.454 e. The Bertz CT molecular complexity index is 942. The molecule has 0 bridgehead atoms. The van der Waals surface area contributed by atoms with Gasteiger partial charge in [0.25, 0.3) is 5.91 Å². The molecule has 0 aliphatic heterocycles. The third kappa shape index (κ3) is 3.26. The second-order valence-corrected chi connectivity index (χ2v) is 5.89. The fourth-order valence-electron chi connectivity index (χ4n) is 2.07. The maximum absolute atomic E-state index is 11.8. The summed E-state index contributed by atoms with van der Waals surface area (Å²) < 4.78 is 6.78. The summed E-state index contributed by atoms with van der Waals surface area (Å²) in [6.07, 6.45) is 2.96. The molecule has 3 rings (SSSR count). The molecule has 0 aliphatic rings. The first-order chi connectivity index (χ1) is 11.7. The van der Waals surface area contributed by atoms with Gasteiger partial charge in [0.05, 0.1) is 10.2 Å². The van der Waals surface area contributed by atoms with Crippen LogP contribution in [0, 0.1) is 11.3 Å². The van der Waals surface area contributed by atoms with Crippen molar-refractivity contribution in [1.82, 2.24) is 10.3 Å². The van der Waals surface area contributed by atoms with Crippen molar-refractivity contribution >= 4 is 33.5 Å². The van der Waals surface area contributed by atoms with Crippen LogP contribution in [0.5, 0.6) is 0 Å². The van der Waals surface area contributed by atoms with Crippen LogP contribution in [0.15, 0.2) is 59.0 Å². The van der Waals surface area contributed by atoms with Crippen LogP contribution in [-0.2, 0) is 4.79 Å². The lowest BCUT2D eigenvalue weighted by molar-refractivity contribution is -0.116. The van der Waals surface area contributed by atoms with Crippen molar-refractivity contribution < 1.29 is 9.21 Å². The van der Waals surface area contributed by atoms with Gasteiger partial charge in [0.2, 0.25) is 0 Å². The Balaban J connectivity index is 1.87. The molecular weight excluding hydrogens is 322 g/mol. The number of furan rings is 1. The minimum atomic E-state index is -0.463. The number of fused-ring (bicyclic) bond motifs is 1. The quantitative estimate of drug-likeness (QED) is 0.437. The Hall–Kier alpha value is -3.17. The average Bonchev–Trinajstić information content (AvgIpc) is 3.23. The van der Waals surface area contributed by atoms with Crippen molar-refractivity contribution in [3.05, 3.63) is 60.4 Å². The van der Waals surface area contributed by atoms with Gasteiger partial charge in [-0.05, 0) is 24.3 Å². The number of aromatic nitrogens is 1. The highest BCUT2D eigenvalue weighted by Gasteiger charge is 2.12. The number of nitrogens with one attached hydrogen (secondary N) is 1. The van der Waals surface area contributed by atoms with Gasteiger partial charge >= 0.3 is 0 Å². The molecule has 1 amide bonds. The third-order valence-electron chi connectivity index (χ3n) is 3.19. The van der Waals surface area contributed by atoms with Crippen molar-refractivity contribution in [3.63, 3.8) is 0 Å². The smallest absolute Gasteiger partial charge is 0.262 e. The number of rotatable bonds is 5. The molecule has 1 N–H and O–H groups in total. The number of para-hydroxylation sites is 1. The van der Waals surface area contributed by atoms with Crippen LogP contribution in [0.1, 0.15) is 5.76 Å². The van der Waals surface area contributed by atoms with E-state index in [1.807, 2.05) is 30.3 Å². The van der Waals surface area contributed by atoms with Gasteiger partial charge < -0.3 is 9.73 Å². The zero-order chi connectivity index (χ0) is 16.9. The fraction of sp³-hybridized carbons (Fsp3) is 0.0556. The summed E-state index contributed by atoms with van der Waals surface area (Å²) >= 11 is 1.52. The predicted octanol–water partition coefficient (Wildman–Crippen LogP) is 3.77. The van der Waals surface area contributed by atoms with E-state index in [1.165, 1.54) is 17.4 Å². The summed E-state index contributed by atoms with van der Waals surface area (Å²) in [6, 6.07) is 13.2. The number of carbonyl (C=O) groups excluding carboxylic acids is 1. The van der Waals surface area contributed by atoms with Gasteiger partial charge in [-0.25, -0.2) is 4.98 Å². The van der Waals surface area contributed by atoms with E-state index in [0.717, 1.165) is 15.2 Å². The average molecular weight is 335 g/mol. The highest BCUT2D eigenvalue weighted by Crippen LogP contribution is 2.31. The fourth-order valence-corrected chi connectivity index (χ4v) is 3.00. The molecule has 0 aliphatic carbocycles. The van der Waals surface area contributed by atoms with Crippen LogP contribution in [0.4, 0.5) is 0 Å². The third-order valence-corrected chi connectivity index (χ3v) is 4.24. The molecule has 0 radical (unpaired) electrons. The maximum Gasteiger partial charge on any atom is 0.262 e. The molecule has 0 saturated heterocycles. The number of thiazole rings is 1.